The van der Waals surface area contributed by atoms with Crippen molar-refractivity contribution < 1.29 is 0 Å². The van der Waals surface area contributed by atoms with Crippen LogP contribution in [0, 0.1) is 33.1 Å². The van der Waals surface area contributed by atoms with E-state index in [1.54, 1.807) is 0 Å². The van der Waals surface area contributed by atoms with Crippen molar-refractivity contribution in [1.29, 1.82) is 5.41 Å². The van der Waals surface area contributed by atoms with Gasteiger partial charge in [-0.05, 0) is 68.7 Å². The fraction of sp³-hybridized carbons (Fsp3) is 0.333. The maximum Gasteiger partial charge on any atom is 0.151 e. The van der Waals surface area contributed by atoms with Crippen molar-refractivity contribution in [3.8, 4) is 0 Å². The summed E-state index contributed by atoms with van der Waals surface area (Å²) < 4.78 is 0. The SMILES string of the molecule is C=NC(=N)c1c(C)c(C)c(C2C=CC=CC2)c(C)c1C. The molecule has 2 heteroatoms. The molecule has 0 saturated heterocycles. The third-order valence-corrected chi connectivity index (χ3v) is 4.43. The van der Waals surface area contributed by atoms with E-state index in [4.69, 9.17) is 5.41 Å². The van der Waals surface area contributed by atoms with E-state index < -0.39 is 0 Å². The van der Waals surface area contributed by atoms with Crippen LogP contribution < -0.4 is 0 Å². The summed E-state index contributed by atoms with van der Waals surface area (Å²) in [6.45, 7) is 12.0. The van der Waals surface area contributed by atoms with Crippen LogP contribution in [-0.2, 0) is 0 Å². The molecule has 20 heavy (non-hydrogen) atoms. The summed E-state index contributed by atoms with van der Waals surface area (Å²) in [5, 5.41) is 8.01. The van der Waals surface area contributed by atoms with Gasteiger partial charge in [-0.25, -0.2) is 4.99 Å². The monoisotopic (exact) mass is 266 g/mol. The fourth-order valence-corrected chi connectivity index (χ4v) is 3.13. The first-order valence-electron chi connectivity index (χ1n) is 6.98. The van der Waals surface area contributed by atoms with Crippen LogP contribution in [0.3, 0.4) is 0 Å². The van der Waals surface area contributed by atoms with Crippen LogP contribution >= 0.6 is 0 Å². The first kappa shape index (κ1) is 14.4. The van der Waals surface area contributed by atoms with Gasteiger partial charge in [0, 0.05) is 11.5 Å². The number of amidine groups is 1. The lowest BCUT2D eigenvalue weighted by Crippen LogP contribution is -2.11. The Morgan fingerprint density at radius 3 is 2.15 bits per heavy atom. The van der Waals surface area contributed by atoms with Gasteiger partial charge >= 0.3 is 0 Å². The number of benzene rings is 1. The average Bonchev–Trinajstić information content (AvgIpc) is 2.46. The molecule has 1 N–H and O–H groups in total. The maximum atomic E-state index is 8.01. The second-order valence-corrected chi connectivity index (χ2v) is 5.45. The Morgan fingerprint density at radius 2 is 1.70 bits per heavy atom. The minimum atomic E-state index is 0.275. The van der Waals surface area contributed by atoms with Crippen LogP contribution in [0.1, 0.15) is 45.7 Å². The van der Waals surface area contributed by atoms with Crippen LogP contribution in [0.15, 0.2) is 29.3 Å². The third kappa shape index (κ3) is 2.26. The lowest BCUT2D eigenvalue weighted by molar-refractivity contribution is 0.830. The molecule has 1 aromatic carbocycles. The zero-order chi connectivity index (χ0) is 14.9. The Balaban J connectivity index is 2.67. The summed E-state index contributed by atoms with van der Waals surface area (Å²) in [5.74, 6) is 0.717. The lowest BCUT2D eigenvalue weighted by atomic mass is 9.80. The van der Waals surface area contributed by atoms with Crippen molar-refractivity contribution in [1.82, 2.24) is 0 Å². The highest BCUT2D eigenvalue weighted by atomic mass is 14.8. The molecule has 0 aliphatic heterocycles. The predicted molar refractivity (Wildman–Crippen MR) is 87.4 cm³/mol. The minimum absolute atomic E-state index is 0.275. The summed E-state index contributed by atoms with van der Waals surface area (Å²) in [5.41, 5.74) is 7.21. The molecule has 0 spiro atoms. The van der Waals surface area contributed by atoms with Crippen LogP contribution in [0.4, 0.5) is 0 Å². The van der Waals surface area contributed by atoms with Gasteiger partial charge in [0.15, 0.2) is 5.84 Å². The Bertz CT molecular complexity index is 604. The average molecular weight is 266 g/mol. The Morgan fingerprint density at radius 1 is 1.10 bits per heavy atom. The number of allylic oxidation sites excluding steroid dienone is 4. The van der Waals surface area contributed by atoms with Crippen molar-refractivity contribution in [2.75, 3.05) is 0 Å². The van der Waals surface area contributed by atoms with E-state index >= 15 is 0 Å². The first-order valence-corrected chi connectivity index (χ1v) is 6.98. The highest BCUT2D eigenvalue weighted by Crippen LogP contribution is 2.35. The number of nitrogens with one attached hydrogen (secondary N) is 1. The zero-order valence-corrected chi connectivity index (χ0v) is 12.7. The van der Waals surface area contributed by atoms with Gasteiger partial charge in [-0.2, -0.15) is 0 Å². The topological polar surface area (TPSA) is 36.2 Å². The summed E-state index contributed by atoms with van der Waals surface area (Å²) in [4.78, 5) is 3.81. The molecule has 104 valence electrons. The molecule has 2 nitrogen and oxygen atoms in total. The summed E-state index contributed by atoms with van der Waals surface area (Å²) >= 11 is 0. The Kier molecular flexibility index (Phi) is 4.03. The van der Waals surface area contributed by atoms with Crippen molar-refractivity contribution >= 4 is 12.6 Å². The van der Waals surface area contributed by atoms with Gasteiger partial charge in [-0.15, -0.1) is 0 Å². The van der Waals surface area contributed by atoms with Crippen molar-refractivity contribution in [3.63, 3.8) is 0 Å². The van der Waals surface area contributed by atoms with E-state index in [0.29, 0.717) is 5.92 Å². The molecule has 0 saturated carbocycles. The molecule has 0 bridgehead atoms. The largest absolute Gasteiger partial charge is 0.282 e. The molecule has 0 heterocycles. The molecule has 1 aliphatic rings. The van der Waals surface area contributed by atoms with Gasteiger partial charge in [-0.3, -0.25) is 5.41 Å². The van der Waals surface area contributed by atoms with Gasteiger partial charge in [0.05, 0.1) is 0 Å². The van der Waals surface area contributed by atoms with Crippen LogP contribution in [-0.4, -0.2) is 12.6 Å². The van der Waals surface area contributed by atoms with E-state index in [9.17, 15) is 0 Å². The van der Waals surface area contributed by atoms with E-state index in [1.807, 2.05) is 0 Å². The zero-order valence-electron chi connectivity index (χ0n) is 12.7. The number of nitrogens with zero attached hydrogens (tertiary/aromatic N) is 1. The molecular formula is C18H22N2. The maximum absolute atomic E-state index is 8.01. The fourth-order valence-electron chi connectivity index (χ4n) is 3.13. The van der Waals surface area contributed by atoms with Gasteiger partial charge in [0.25, 0.3) is 0 Å². The van der Waals surface area contributed by atoms with Gasteiger partial charge in [-0.1, -0.05) is 24.3 Å². The minimum Gasteiger partial charge on any atom is -0.282 e. The van der Waals surface area contributed by atoms with E-state index in [-0.39, 0.29) is 5.84 Å². The highest BCUT2D eigenvalue weighted by Gasteiger charge is 2.21. The van der Waals surface area contributed by atoms with Crippen molar-refractivity contribution in [2.24, 2.45) is 4.99 Å². The quantitative estimate of drug-likeness (QED) is 0.602. The first-order chi connectivity index (χ1) is 9.49. The molecule has 0 aromatic heterocycles. The predicted octanol–water partition coefficient (Wildman–Crippen LogP) is 4.55. The van der Waals surface area contributed by atoms with Crippen LogP contribution in [0.5, 0.6) is 0 Å². The third-order valence-electron chi connectivity index (χ3n) is 4.43. The molecule has 1 unspecified atom stereocenters. The number of hydrogen-bond acceptors (Lipinski definition) is 1. The van der Waals surface area contributed by atoms with Crippen LogP contribution in [0.2, 0.25) is 0 Å². The molecule has 1 atom stereocenters. The van der Waals surface area contributed by atoms with Gasteiger partial charge in [0.2, 0.25) is 0 Å². The summed E-state index contributed by atoms with van der Waals surface area (Å²) in [6.07, 6.45) is 9.76. The van der Waals surface area contributed by atoms with Crippen molar-refractivity contribution in [3.05, 3.63) is 57.7 Å². The molecule has 1 aliphatic carbocycles. The van der Waals surface area contributed by atoms with Crippen LogP contribution in [0.25, 0.3) is 0 Å². The molecule has 0 amide bonds. The highest BCUT2D eigenvalue weighted by molar-refractivity contribution is 6.02. The molecule has 1 aromatic rings. The van der Waals surface area contributed by atoms with E-state index in [0.717, 1.165) is 23.1 Å². The summed E-state index contributed by atoms with van der Waals surface area (Å²) in [6, 6.07) is 0. The second-order valence-electron chi connectivity index (χ2n) is 5.45. The van der Waals surface area contributed by atoms with E-state index in [2.05, 4.69) is 63.7 Å². The molecule has 2 rings (SSSR count). The molecule has 0 fully saturated rings. The smallest absolute Gasteiger partial charge is 0.151 e. The number of rotatable bonds is 2. The van der Waals surface area contributed by atoms with E-state index in [1.165, 1.54) is 16.7 Å². The Hall–Kier alpha value is -1.96. The van der Waals surface area contributed by atoms with Gasteiger partial charge in [0.1, 0.15) is 0 Å². The lowest BCUT2D eigenvalue weighted by Gasteiger charge is -2.24. The van der Waals surface area contributed by atoms with Crippen molar-refractivity contribution in [2.45, 2.75) is 40.0 Å². The molecule has 0 radical (unpaired) electrons. The normalized spacial score (nSPS) is 17.3. The van der Waals surface area contributed by atoms with Gasteiger partial charge < -0.3 is 0 Å². The molecular weight excluding hydrogens is 244 g/mol. The number of aliphatic imine (C=N–C) groups is 1. The Labute approximate surface area is 121 Å². The summed E-state index contributed by atoms with van der Waals surface area (Å²) in [7, 11) is 0. The standard InChI is InChI=1S/C18H22N2/c1-11-13(3)17(18(19)20-5)14(4)12(2)16(11)15-9-7-6-8-10-15/h6-9,15,19H,5,10H2,1-4H3. The second kappa shape index (κ2) is 5.58. The number of hydrogen-bond donors (Lipinski definition) is 1.